The molecule has 218 valence electrons. The molecule has 1 aliphatic carbocycles. The van der Waals surface area contributed by atoms with Crippen molar-refractivity contribution in [3.05, 3.63) is 88.9 Å². The second-order valence-corrected chi connectivity index (χ2v) is 12.6. The summed E-state index contributed by atoms with van der Waals surface area (Å²) < 4.78 is 34.1. The summed E-state index contributed by atoms with van der Waals surface area (Å²) in [5, 5.41) is 3.47. The Balaban J connectivity index is 1.68. The highest BCUT2D eigenvalue weighted by atomic mass is 35.5. The monoisotopic (exact) mass is 597 g/mol. The van der Waals surface area contributed by atoms with Crippen molar-refractivity contribution in [1.82, 2.24) is 10.2 Å². The molecule has 0 radical (unpaired) electrons. The maximum absolute atomic E-state index is 14.0. The number of methoxy groups -OCH3 is 1. The molecule has 1 aliphatic rings. The number of hydrogen-bond acceptors (Lipinski definition) is 5. The third kappa shape index (κ3) is 7.59. The number of amides is 2. The van der Waals surface area contributed by atoms with Crippen molar-refractivity contribution < 1.29 is 22.7 Å². The molecule has 0 aliphatic heterocycles. The lowest BCUT2D eigenvalue weighted by Gasteiger charge is -2.32. The van der Waals surface area contributed by atoms with Gasteiger partial charge < -0.3 is 15.0 Å². The molecule has 1 saturated carbocycles. The molecule has 10 heteroatoms. The van der Waals surface area contributed by atoms with E-state index in [-0.39, 0.29) is 23.4 Å². The first kappa shape index (κ1) is 30.4. The number of carbonyl (C=O) groups is 2. The Labute approximate surface area is 247 Å². The van der Waals surface area contributed by atoms with E-state index in [4.69, 9.17) is 16.3 Å². The van der Waals surface area contributed by atoms with Crippen LogP contribution in [-0.2, 0) is 26.2 Å². The van der Waals surface area contributed by atoms with Gasteiger partial charge in [0.1, 0.15) is 18.3 Å². The summed E-state index contributed by atoms with van der Waals surface area (Å²) in [6, 6.07) is 19.2. The van der Waals surface area contributed by atoms with Crippen LogP contribution in [0.3, 0.4) is 0 Å². The highest BCUT2D eigenvalue weighted by molar-refractivity contribution is 7.92. The van der Waals surface area contributed by atoms with Crippen LogP contribution in [0.15, 0.2) is 77.7 Å². The predicted molar refractivity (Wildman–Crippen MR) is 161 cm³/mol. The van der Waals surface area contributed by atoms with E-state index in [1.165, 1.54) is 29.2 Å². The van der Waals surface area contributed by atoms with Gasteiger partial charge in [-0.05, 0) is 86.3 Å². The Kier molecular flexibility index (Phi) is 9.94. The number of sulfonamides is 1. The minimum atomic E-state index is -4.15. The number of benzene rings is 3. The van der Waals surface area contributed by atoms with Gasteiger partial charge in [0.25, 0.3) is 10.0 Å². The lowest BCUT2D eigenvalue weighted by molar-refractivity contribution is -0.139. The molecule has 41 heavy (non-hydrogen) atoms. The van der Waals surface area contributed by atoms with Gasteiger partial charge in [-0.25, -0.2) is 8.42 Å². The van der Waals surface area contributed by atoms with Crippen molar-refractivity contribution in [3.8, 4) is 5.75 Å². The van der Waals surface area contributed by atoms with Crippen molar-refractivity contribution in [1.29, 1.82) is 0 Å². The van der Waals surface area contributed by atoms with Gasteiger partial charge >= 0.3 is 0 Å². The first-order valence-electron chi connectivity index (χ1n) is 13.7. The highest BCUT2D eigenvalue weighted by Gasteiger charge is 2.33. The van der Waals surface area contributed by atoms with Gasteiger partial charge in [0, 0.05) is 17.6 Å². The van der Waals surface area contributed by atoms with E-state index in [2.05, 4.69) is 5.32 Å². The molecular formula is C31H36ClN3O5S. The second-order valence-electron chi connectivity index (χ2n) is 10.3. The SMILES string of the molecule is COc1ccc(CN(C(=O)CN(c2cccc(C)c2)S(=O)(=O)c2ccc(Cl)cc2)C(C)C(=O)NC2CCCC2)cc1. The summed E-state index contributed by atoms with van der Waals surface area (Å²) >= 11 is 6.01. The number of nitrogens with zero attached hydrogens (tertiary/aromatic N) is 2. The maximum Gasteiger partial charge on any atom is 0.264 e. The molecule has 0 heterocycles. The molecule has 3 aromatic carbocycles. The number of anilines is 1. The lowest BCUT2D eigenvalue weighted by Crippen LogP contribution is -2.52. The number of hydrogen-bond donors (Lipinski definition) is 1. The quantitative estimate of drug-likeness (QED) is 0.322. The van der Waals surface area contributed by atoms with Crippen LogP contribution in [0.25, 0.3) is 0 Å². The molecule has 8 nitrogen and oxygen atoms in total. The average molecular weight is 598 g/mol. The highest BCUT2D eigenvalue weighted by Crippen LogP contribution is 2.27. The molecule has 1 fully saturated rings. The van der Waals surface area contributed by atoms with Gasteiger partial charge in [-0.1, -0.05) is 48.7 Å². The minimum Gasteiger partial charge on any atom is -0.497 e. The van der Waals surface area contributed by atoms with E-state index in [1.807, 2.05) is 25.1 Å². The van der Waals surface area contributed by atoms with E-state index in [0.29, 0.717) is 16.5 Å². The lowest BCUT2D eigenvalue weighted by atomic mass is 10.1. The van der Waals surface area contributed by atoms with Crippen LogP contribution in [-0.4, -0.2) is 50.9 Å². The van der Waals surface area contributed by atoms with E-state index in [0.717, 1.165) is 41.1 Å². The van der Waals surface area contributed by atoms with E-state index in [1.54, 1.807) is 44.4 Å². The molecule has 1 atom stereocenters. The van der Waals surface area contributed by atoms with Crippen LogP contribution in [0.2, 0.25) is 5.02 Å². The van der Waals surface area contributed by atoms with Crippen LogP contribution in [0.1, 0.15) is 43.7 Å². The van der Waals surface area contributed by atoms with E-state index >= 15 is 0 Å². The van der Waals surface area contributed by atoms with Crippen LogP contribution >= 0.6 is 11.6 Å². The Hall–Kier alpha value is -3.56. The number of carbonyl (C=O) groups excluding carboxylic acids is 2. The van der Waals surface area contributed by atoms with Crippen molar-refractivity contribution in [2.75, 3.05) is 18.0 Å². The smallest absolute Gasteiger partial charge is 0.264 e. The number of nitrogens with one attached hydrogen (secondary N) is 1. The van der Waals surface area contributed by atoms with Gasteiger partial charge in [0.15, 0.2) is 0 Å². The molecule has 0 saturated heterocycles. The molecule has 2 amide bonds. The fourth-order valence-corrected chi connectivity index (χ4v) is 6.48. The van der Waals surface area contributed by atoms with Gasteiger partial charge in [-0.15, -0.1) is 0 Å². The predicted octanol–water partition coefficient (Wildman–Crippen LogP) is 5.33. The Morgan fingerprint density at radius 3 is 2.29 bits per heavy atom. The molecular weight excluding hydrogens is 562 g/mol. The maximum atomic E-state index is 14.0. The number of rotatable bonds is 11. The van der Waals surface area contributed by atoms with Crippen LogP contribution in [0, 0.1) is 6.92 Å². The second kappa shape index (κ2) is 13.4. The van der Waals surface area contributed by atoms with Gasteiger partial charge in [0.2, 0.25) is 11.8 Å². The molecule has 4 rings (SSSR count). The summed E-state index contributed by atoms with van der Waals surface area (Å²) in [6.45, 7) is 3.15. The molecule has 0 spiro atoms. The molecule has 0 aromatic heterocycles. The van der Waals surface area contributed by atoms with Crippen LogP contribution < -0.4 is 14.4 Å². The topological polar surface area (TPSA) is 96.0 Å². The van der Waals surface area contributed by atoms with Gasteiger partial charge in [0.05, 0.1) is 17.7 Å². The Morgan fingerprint density at radius 1 is 1.02 bits per heavy atom. The standard InChI is InChI=1S/C31H36ClN3O5S/c1-22-7-6-10-27(19-22)35(41(38,39)29-17-13-25(32)14-18-29)21-30(36)34(20-24-11-15-28(40-3)16-12-24)23(2)31(37)33-26-8-4-5-9-26/h6-7,10-19,23,26H,4-5,8-9,20-21H2,1-3H3,(H,33,37). The third-order valence-corrected chi connectivity index (χ3v) is 9.39. The Morgan fingerprint density at radius 2 is 1.68 bits per heavy atom. The Bertz CT molecular complexity index is 1460. The fraction of sp³-hybridized carbons (Fsp3) is 0.355. The zero-order chi connectivity index (χ0) is 29.6. The molecule has 1 N–H and O–H groups in total. The van der Waals surface area contributed by atoms with Crippen molar-refractivity contribution in [3.63, 3.8) is 0 Å². The number of ether oxygens (including phenoxy) is 1. The largest absolute Gasteiger partial charge is 0.497 e. The number of halogens is 1. The summed E-state index contributed by atoms with van der Waals surface area (Å²) in [5.74, 6) is -0.103. The van der Waals surface area contributed by atoms with Crippen molar-refractivity contribution in [2.45, 2.75) is 63.1 Å². The zero-order valence-corrected chi connectivity index (χ0v) is 25.1. The summed E-state index contributed by atoms with van der Waals surface area (Å²) in [7, 11) is -2.58. The average Bonchev–Trinajstić information content (AvgIpc) is 3.47. The summed E-state index contributed by atoms with van der Waals surface area (Å²) in [5.41, 5.74) is 1.97. The van der Waals surface area contributed by atoms with Gasteiger partial charge in [-0.2, -0.15) is 0 Å². The summed E-state index contributed by atoms with van der Waals surface area (Å²) in [6.07, 6.45) is 3.93. The first-order valence-corrected chi connectivity index (χ1v) is 15.5. The van der Waals surface area contributed by atoms with Crippen molar-refractivity contribution >= 4 is 39.1 Å². The van der Waals surface area contributed by atoms with Crippen LogP contribution in [0.5, 0.6) is 5.75 Å². The van der Waals surface area contributed by atoms with E-state index in [9.17, 15) is 18.0 Å². The molecule has 1 unspecified atom stereocenters. The number of aryl methyl sites for hydroxylation is 1. The molecule has 3 aromatic rings. The third-order valence-electron chi connectivity index (χ3n) is 7.35. The zero-order valence-electron chi connectivity index (χ0n) is 23.5. The van der Waals surface area contributed by atoms with Gasteiger partial charge in [-0.3, -0.25) is 13.9 Å². The summed E-state index contributed by atoms with van der Waals surface area (Å²) in [4.78, 5) is 28.8. The van der Waals surface area contributed by atoms with Crippen molar-refractivity contribution in [2.24, 2.45) is 0 Å². The first-order chi connectivity index (χ1) is 19.6. The minimum absolute atomic E-state index is 0.00457. The fourth-order valence-electron chi connectivity index (χ4n) is 4.95. The van der Waals surface area contributed by atoms with Crippen LogP contribution in [0.4, 0.5) is 5.69 Å². The molecule has 0 bridgehead atoms. The van der Waals surface area contributed by atoms with E-state index < -0.39 is 28.5 Å². The normalized spacial score (nSPS) is 14.3.